The van der Waals surface area contributed by atoms with E-state index in [0.717, 1.165) is 25.2 Å². The summed E-state index contributed by atoms with van der Waals surface area (Å²) in [5.41, 5.74) is 0. The van der Waals surface area contributed by atoms with Gasteiger partial charge in [-0.1, -0.05) is 13.8 Å². The zero-order valence-corrected chi connectivity index (χ0v) is 11.3. The van der Waals surface area contributed by atoms with Crippen LogP contribution in [0, 0.1) is 0 Å². The Morgan fingerprint density at radius 3 is 2.38 bits per heavy atom. The Hall–Kier alpha value is -0.120. The first-order chi connectivity index (χ1) is 7.63. The van der Waals surface area contributed by atoms with Crippen LogP contribution in [0.25, 0.3) is 0 Å². The highest BCUT2D eigenvalue weighted by Crippen LogP contribution is 2.22. The molecule has 3 nitrogen and oxygen atoms in total. The summed E-state index contributed by atoms with van der Waals surface area (Å²) in [5.74, 6) is 0. The number of methoxy groups -OCH3 is 1. The Kier molecular flexibility index (Phi) is 6.32. The maximum Gasteiger partial charge on any atom is 0.0589 e. The maximum absolute atomic E-state index is 5.12. The third-order valence-corrected chi connectivity index (χ3v) is 3.54. The van der Waals surface area contributed by atoms with Gasteiger partial charge in [-0.2, -0.15) is 0 Å². The average molecular weight is 228 g/mol. The van der Waals surface area contributed by atoms with Crippen LogP contribution < -0.4 is 5.32 Å². The van der Waals surface area contributed by atoms with Crippen LogP contribution in [-0.2, 0) is 4.74 Å². The van der Waals surface area contributed by atoms with E-state index in [9.17, 15) is 0 Å². The summed E-state index contributed by atoms with van der Waals surface area (Å²) < 4.78 is 5.12. The van der Waals surface area contributed by atoms with Crippen LogP contribution in [0.15, 0.2) is 0 Å². The molecule has 1 rings (SSSR count). The molecule has 0 radical (unpaired) electrons. The van der Waals surface area contributed by atoms with E-state index >= 15 is 0 Å². The first-order valence-corrected chi connectivity index (χ1v) is 6.58. The molecule has 0 aromatic rings. The number of ether oxygens (including phenoxy) is 1. The quantitative estimate of drug-likeness (QED) is 0.751. The molecule has 0 aliphatic heterocycles. The molecular weight excluding hydrogens is 200 g/mol. The Morgan fingerprint density at radius 1 is 1.25 bits per heavy atom. The Bertz CT molecular complexity index is 177. The molecule has 0 amide bonds. The number of nitrogens with one attached hydrogen (secondary N) is 1. The molecule has 0 unspecified atom stereocenters. The van der Waals surface area contributed by atoms with Crippen LogP contribution in [0.1, 0.15) is 39.5 Å². The standard InChI is InChI=1S/C13H28N2O/c1-11(2)14-12-5-7-13(8-6-12)15(3)9-10-16-4/h11-14H,5-10H2,1-4H3. The predicted octanol–water partition coefficient (Wildman–Crippen LogP) is 1.87. The van der Waals surface area contributed by atoms with Crippen molar-refractivity contribution >= 4 is 0 Å². The normalized spacial score (nSPS) is 26.6. The Labute approximate surface area is 101 Å². The summed E-state index contributed by atoms with van der Waals surface area (Å²) in [6.45, 7) is 6.37. The SMILES string of the molecule is COCCN(C)C1CCC(NC(C)C)CC1. The molecule has 0 aromatic heterocycles. The van der Waals surface area contributed by atoms with Gasteiger partial charge < -0.3 is 15.0 Å². The van der Waals surface area contributed by atoms with Gasteiger partial charge in [0.1, 0.15) is 0 Å². The van der Waals surface area contributed by atoms with Crippen LogP contribution in [0.5, 0.6) is 0 Å². The lowest BCUT2D eigenvalue weighted by Gasteiger charge is -2.35. The van der Waals surface area contributed by atoms with Crippen molar-refractivity contribution in [3.63, 3.8) is 0 Å². The van der Waals surface area contributed by atoms with E-state index in [-0.39, 0.29) is 0 Å². The van der Waals surface area contributed by atoms with Crippen LogP contribution in [0.2, 0.25) is 0 Å². The molecule has 16 heavy (non-hydrogen) atoms. The van der Waals surface area contributed by atoms with E-state index in [1.807, 2.05) is 0 Å². The summed E-state index contributed by atoms with van der Waals surface area (Å²) in [6.07, 6.45) is 5.29. The summed E-state index contributed by atoms with van der Waals surface area (Å²) >= 11 is 0. The number of hydrogen-bond donors (Lipinski definition) is 1. The molecule has 1 aliphatic carbocycles. The highest BCUT2D eigenvalue weighted by molar-refractivity contribution is 4.82. The number of rotatable bonds is 6. The highest BCUT2D eigenvalue weighted by Gasteiger charge is 2.23. The van der Waals surface area contributed by atoms with Crippen molar-refractivity contribution in [1.29, 1.82) is 0 Å². The maximum atomic E-state index is 5.12. The molecule has 1 saturated carbocycles. The summed E-state index contributed by atoms with van der Waals surface area (Å²) in [6, 6.07) is 2.13. The van der Waals surface area contributed by atoms with Crippen LogP contribution >= 0.6 is 0 Å². The molecule has 0 saturated heterocycles. The number of nitrogens with zero attached hydrogens (tertiary/aromatic N) is 1. The van der Waals surface area contributed by atoms with E-state index < -0.39 is 0 Å². The first kappa shape index (κ1) is 13.9. The van der Waals surface area contributed by atoms with Crippen molar-refractivity contribution in [1.82, 2.24) is 10.2 Å². The van der Waals surface area contributed by atoms with Gasteiger partial charge in [0, 0.05) is 31.8 Å². The van der Waals surface area contributed by atoms with Crippen LogP contribution in [0.4, 0.5) is 0 Å². The third kappa shape index (κ3) is 4.81. The predicted molar refractivity (Wildman–Crippen MR) is 68.8 cm³/mol. The van der Waals surface area contributed by atoms with E-state index in [4.69, 9.17) is 4.74 Å². The lowest BCUT2D eigenvalue weighted by molar-refractivity contribution is 0.116. The molecular formula is C13H28N2O. The lowest BCUT2D eigenvalue weighted by Crippen LogP contribution is -2.43. The first-order valence-electron chi connectivity index (χ1n) is 6.58. The van der Waals surface area contributed by atoms with Crippen LogP contribution in [0.3, 0.4) is 0 Å². The van der Waals surface area contributed by atoms with Crippen molar-refractivity contribution < 1.29 is 4.74 Å². The van der Waals surface area contributed by atoms with Crippen molar-refractivity contribution in [2.75, 3.05) is 27.3 Å². The number of hydrogen-bond acceptors (Lipinski definition) is 3. The topological polar surface area (TPSA) is 24.5 Å². The highest BCUT2D eigenvalue weighted by atomic mass is 16.5. The smallest absolute Gasteiger partial charge is 0.0589 e. The van der Waals surface area contributed by atoms with Crippen molar-refractivity contribution in [2.45, 2.75) is 57.7 Å². The van der Waals surface area contributed by atoms with Gasteiger partial charge in [-0.3, -0.25) is 0 Å². The van der Waals surface area contributed by atoms with Gasteiger partial charge in [-0.05, 0) is 32.7 Å². The average Bonchev–Trinajstić information content (AvgIpc) is 2.26. The molecule has 0 bridgehead atoms. The van der Waals surface area contributed by atoms with Gasteiger partial charge >= 0.3 is 0 Å². The van der Waals surface area contributed by atoms with E-state index in [2.05, 4.69) is 31.1 Å². The van der Waals surface area contributed by atoms with Crippen LogP contribution in [-0.4, -0.2) is 50.3 Å². The number of likely N-dealkylation sites (N-methyl/N-ethyl adjacent to an activating group) is 1. The second-order valence-electron chi connectivity index (χ2n) is 5.30. The van der Waals surface area contributed by atoms with Gasteiger partial charge in [0.25, 0.3) is 0 Å². The molecule has 0 spiro atoms. The minimum atomic E-state index is 0.618. The molecule has 96 valence electrons. The second kappa shape index (κ2) is 7.25. The Morgan fingerprint density at radius 2 is 1.88 bits per heavy atom. The molecule has 1 fully saturated rings. The zero-order valence-electron chi connectivity index (χ0n) is 11.3. The lowest BCUT2D eigenvalue weighted by atomic mass is 9.90. The van der Waals surface area contributed by atoms with Gasteiger partial charge in [-0.25, -0.2) is 0 Å². The van der Waals surface area contributed by atoms with E-state index in [1.54, 1.807) is 7.11 Å². The fourth-order valence-electron chi connectivity index (χ4n) is 2.57. The third-order valence-electron chi connectivity index (χ3n) is 3.54. The summed E-state index contributed by atoms with van der Waals surface area (Å²) in [5, 5.41) is 3.64. The Balaban J connectivity index is 2.20. The van der Waals surface area contributed by atoms with Gasteiger partial charge in [0.2, 0.25) is 0 Å². The second-order valence-corrected chi connectivity index (χ2v) is 5.30. The van der Waals surface area contributed by atoms with Gasteiger partial charge in [0.15, 0.2) is 0 Å². The fraction of sp³-hybridized carbons (Fsp3) is 1.00. The minimum absolute atomic E-state index is 0.618. The molecule has 0 aromatic carbocycles. The minimum Gasteiger partial charge on any atom is -0.383 e. The van der Waals surface area contributed by atoms with Crippen molar-refractivity contribution in [3.05, 3.63) is 0 Å². The van der Waals surface area contributed by atoms with Crippen molar-refractivity contribution in [2.24, 2.45) is 0 Å². The monoisotopic (exact) mass is 228 g/mol. The molecule has 1 aliphatic rings. The largest absolute Gasteiger partial charge is 0.383 e. The van der Waals surface area contributed by atoms with Gasteiger partial charge in [-0.15, -0.1) is 0 Å². The summed E-state index contributed by atoms with van der Waals surface area (Å²) in [4.78, 5) is 2.45. The zero-order chi connectivity index (χ0) is 12.0. The fourth-order valence-corrected chi connectivity index (χ4v) is 2.57. The molecule has 0 heterocycles. The molecule has 1 N–H and O–H groups in total. The van der Waals surface area contributed by atoms with Gasteiger partial charge in [0.05, 0.1) is 6.61 Å². The van der Waals surface area contributed by atoms with E-state index in [0.29, 0.717) is 6.04 Å². The molecule has 0 atom stereocenters. The van der Waals surface area contributed by atoms with Crippen molar-refractivity contribution in [3.8, 4) is 0 Å². The summed E-state index contributed by atoms with van der Waals surface area (Å²) in [7, 11) is 4.00. The molecule has 3 heteroatoms. The van der Waals surface area contributed by atoms with E-state index in [1.165, 1.54) is 25.7 Å².